The monoisotopic (exact) mass is 261 g/mol. The highest BCUT2D eigenvalue weighted by molar-refractivity contribution is 6.31. The zero-order valence-electron chi connectivity index (χ0n) is 9.58. The van der Waals surface area contributed by atoms with Crippen molar-refractivity contribution >= 4 is 17.6 Å². The number of aromatic nitrogens is 1. The number of carboxylic acids is 1. The fourth-order valence-electron chi connectivity index (χ4n) is 1.85. The quantitative estimate of drug-likeness (QED) is 0.920. The number of rotatable bonds is 4. The molecule has 0 saturated carbocycles. The minimum atomic E-state index is -0.882. The maximum Gasteiger partial charge on any atom is 0.311 e. The molecule has 0 saturated heterocycles. The molecule has 3 nitrogen and oxygen atoms in total. The van der Waals surface area contributed by atoms with Crippen LogP contribution in [0.15, 0.2) is 48.8 Å². The van der Waals surface area contributed by atoms with Gasteiger partial charge < -0.3 is 5.11 Å². The van der Waals surface area contributed by atoms with Crippen LogP contribution in [0.1, 0.15) is 17.0 Å². The van der Waals surface area contributed by atoms with Crippen LogP contribution in [0, 0.1) is 0 Å². The Morgan fingerprint density at radius 2 is 2.00 bits per heavy atom. The van der Waals surface area contributed by atoms with E-state index in [0.29, 0.717) is 17.0 Å². The van der Waals surface area contributed by atoms with Gasteiger partial charge in [0.15, 0.2) is 0 Å². The normalized spacial score (nSPS) is 12.1. The van der Waals surface area contributed by atoms with Crippen LogP contribution < -0.4 is 0 Å². The molecule has 0 aliphatic carbocycles. The van der Waals surface area contributed by atoms with Crippen LogP contribution in [0.5, 0.6) is 0 Å². The topological polar surface area (TPSA) is 50.2 Å². The van der Waals surface area contributed by atoms with E-state index in [4.69, 9.17) is 11.6 Å². The van der Waals surface area contributed by atoms with Gasteiger partial charge in [0.1, 0.15) is 0 Å². The second-order valence-corrected chi connectivity index (χ2v) is 4.38. The predicted molar refractivity (Wildman–Crippen MR) is 69.8 cm³/mol. The fourth-order valence-corrected chi connectivity index (χ4v) is 2.10. The number of hydrogen-bond donors (Lipinski definition) is 1. The molecule has 2 aromatic rings. The molecule has 0 radical (unpaired) electrons. The largest absolute Gasteiger partial charge is 0.481 e. The molecule has 1 heterocycles. The van der Waals surface area contributed by atoms with Gasteiger partial charge >= 0.3 is 5.97 Å². The lowest BCUT2D eigenvalue weighted by atomic mass is 9.93. The summed E-state index contributed by atoms with van der Waals surface area (Å²) in [5, 5.41) is 9.72. The maximum atomic E-state index is 11.4. The van der Waals surface area contributed by atoms with Gasteiger partial charge in [-0.3, -0.25) is 9.78 Å². The van der Waals surface area contributed by atoms with E-state index in [2.05, 4.69) is 4.98 Å². The Morgan fingerprint density at radius 3 is 2.61 bits per heavy atom. The zero-order valence-corrected chi connectivity index (χ0v) is 10.3. The molecule has 0 aliphatic heterocycles. The Labute approximate surface area is 110 Å². The van der Waals surface area contributed by atoms with Crippen LogP contribution in [0.2, 0.25) is 5.02 Å². The molecule has 18 heavy (non-hydrogen) atoms. The van der Waals surface area contributed by atoms with E-state index in [1.807, 2.05) is 30.3 Å². The van der Waals surface area contributed by atoms with E-state index in [9.17, 15) is 9.90 Å². The summed E-state index contributed by atoms with van der Waals surface area (Å²) in [7, 11) is 0. The van der Waals surface area contributed by atoms with Gasteiger partial charge in [0, 0.05) is 12.4 Å². The molecular weight excluding hydrogens is 250 g/mol. The van der Waals surface area contributed by atoms with E-state index in [0.717, 1.165) is 5.56 Å². The third-order valence-electron chi connectivity index (χ3n) is 2.76. The minimum absolute atomic E-state index is 0.390. The van der Waals surface area contributed by atoms with Crippen molar-refractivity contribution in [2.24, 2.45) is 0 Å². The summed E-state index contributed by atoms with van der Waals surface area (Å²) in [4.78, 5) is 15.2. The molecule has 0 amide bonds. The van der Waals surface area contributed by atoms with Gasteiger partial charge in [-0.1, -0.05) is 41.9 Å². The first-order valence-corrected chi connectivity index (χ1v) is 5.92. The maximum absolute atomic E-state index is 11.4. The number of pyridine rings is 1. The Kier molecular flexibility index (Phi) is 3.95. The van der Waals surface area contributed by atoms with E-state index < -0.39 is 11.9 Å². The van der Waals surface area contributed by atoms with Crippen LogP contribution in [-0.2, 0) is 11.2 Å². The molecule has 1 unspecified atom stereocenters. The fraction of sp³-hybridized carbons (Fsp3) is 0.143. The van der Waals surface area contributed by atoms with Crippen molar-refractivity contribution in [1.82, 2.24) is 4.98 Å². The van der Waals surface area contributed by atoms with Crippen molar-refractivity contribution in [3.8, 4) is 0 Å². The summed E-state index contributed by atoms with van der Waals surface area (Å²) in [5.74, 6) is -1.53. The SMILES string of the molecule is O=C(O)C(Cc1ccccc1)c1ccncc1Cl. The summed E-state index contributed by atoms with van der Waals surface area (Å²) in [6.07, 6.45) is 3.44. The molecule has 0 bridgehead atoms. The molecule has 4 heteroatoms. The van der Waals surface area contributed by atoms with Crippen molar-refractivity contribution < 1.29 is 9.90 Å². The Balaban J connectivity index is 2.30. The molecule has 2 rings (SSSR count). The summed E-state index contributed by atoms with van der Waals surface area (Å²) < 4.78 is 0. The van der Waals surface area contributed by atoms with Crippen LogP contribution in [0.25, 0.3) is 0 Å². The lowest BCUT2D eigenvalue weighted by Gasteiger charge is -2.14. The molecule has 1 aromatic carbocycles. The van der Waals surface area contributed by atoms with Gasteiger partial charge in [-0.2, -0.15) is 0 Å². The van der Waals surface area contributed by atoms with Crippen molar-refractivity contribution in [3.63, 3.8) is 0 Å². The minimum Gasteiger partial charge on any atom is -0.481 e. The molecule has 1 atom stereocenters. The van der Waals surface area contributed by atoms with Crippen LogP contribution in [0.3, 0.4) is 0 Å². The van der Waals surface area contributed by atoms with E-state index in [1.54, 1.807) is 12.3 Å². The smallest absolute Gasteiger partial charge is 0.311 e. The Bertz CT molecular complexity index is 543. The molecule has 1 aromatic heterocycles. The lowest BCUT2D eigenvalue weighted by Crippen LogP contribution is -2.15. The van der Waals surface area contributed by atoms with Gasteiger partial charge in [0.05, 0.1) is 10.9 Å². The van der Waals surface area contributed by atoms with Crippen LogP contribution >= 0.6 is 11.6 Å². The summed E-state index contributed by atoms with van der Waals surface area (Å²) in [5.41, 5.74) is 1.57. The summed E-state index contributed by atoms with van der Waals surface area (Å²) in [6.45, 7) is 0. The summed E-state index contributed by atoms with van der Waals surface area (Å²) in [6, 6.07) is 11.2. The summed E-state index contributed by atoms with van der Waals surface area (Å²) >= 11 is 6.00. The lowest BCUT2D eigenvalue weighted by molar-refractivity contribution is -0.138. The molecule has 1 N–H and O–H groups in total. The average Bonchev–Trinajstić information content (AvgIpc) is 2.38. The third kappa shape index (κ3) is 2.87. The highest BCUT2D eigenvalue weighted by atomic mass is 35.5. The van der Waals surface area contributed by atoms with E-state index in [1.165, 1.54) is 6.20 Å². The van der Waals surface area contributed by atoms with Gasteiger partial charge in [-0.15, -0.1) is 0 Å². The number of carbonyl (C=O) groups is 1. The van der Waals surface area contributed by atoms with Gasteiger partial charge in [0.2, 0.25) is 0 Å². The van der Waals surface area contributed by atoms with Crippen molar-refractivity contribution in [3.05, 3.63) is 64.9 Å². The van der Waals surface area contributed by atoms with E-state index >= 15 is 0 Å². The first-order chi connectivity index (χ1) is 8.68. The van der Waals surface area contributed by atoms with Crippen LogP contribution in [0.4, 0.5) is 0 Å². The zero-order chi connectivity index (χ0) is 13.0. The van der Waals surface area contributed by atoms with Crippen molar-refractivity contribution in [1.29, 1.82) is 0 Å². The molecular formula is C14H12ClNO2. The molecule has 0 aliphatic rings. The highest BCUT2D eigenvalue weighted by Crippen LogP contribution is 2.27. The van der Waals surface area contributed by atoms with E-state index in [-0.39, 0.29) is 0 Å². The Morgan fingerprint density at radius 1 is 1.28 bits per heavy atom. The number of carboxylic acid groups (broad SMARTS) is 1. The van der Waals surface area contributed by atoms with Crippen LogP contribution in [-0.4, -0.2) is 16.1 Å². The number of nitrogens with zero attached hydrogens (tertiary/aromatic N) is 1. The molecule has 0 spiro atoms. The van der Waals surface area contributed by atoms with Crippen molar-refractivity contribution in [2.45, 2.75) is 12.3 Å². The third-order valence-corrected chi connectivity index (χ3v) is 3.08. The van der Waals surface area contributed by atoms with Gasteiger partial charge in [-0.05, 0) is 23.6 Å². The number of aliphatic carboxylic acids is 1. The first kappa shape index (κ1) is 12.6. The first-order valence-electron chi connectivity index (χ1n) is 5.54. The second kappa shape index (κ2) is 5.65. The number of benzene rings is 1. The molecule has 0 fully saturated rings. The van der Waals surface area contributed by atoms with Gasteiger partial charge in [-0.25, -0.2) is 0 Å². The predicted octanol–water partition coefficient (Wildman–Crippen LogP) is 3.15. The van der Waals surface area contributed by atoms with Gasteiger partial charge in [0.25, 0.3) is 0 Å². The Hall–Kier alpha value is -1.87. The number of halogens is 1. The standard InChI is InChI=1S/C14H12ClNO2/c15-13-9-16-7-6-11(13)12(14(17)18)8-10-4-2-1-3-5-10/h1-7,9,12H,8H2,(H,17,18). The highest BCUT2D eigenvalue weighted by Gasteiger charge is 2.22. The second-order valence-electron chi connectivity index (χ2n) is 3.98. The van der Waals surface area contributed by atoms with Crippen molar-refractivity contribution in [2.75, 3.05) is 0 Å². The average molecular weight is 262 g/mol. The number of hydrogen-bond acceptors (Lipinski definition) is 2. The molecule has 92 valence electrons.